The minimum Gasteiger partial charge on any atom is -0.475 e. The lowest BCUT2D eigenvalue weighted by Crippen LogP contribution is -2.31. The zero-order valence-electron chi connectivity index (χ0n) is 9.19. The zero-order valence-corrected chi connectivity index (χ0v) is 9.19. The smallest absolute Gasteiger partial charge is 0.371 e. The highest BCUT2D eigenvalue weighted by Gasteiger charge is 2.10. The van der Waals surface area contributed by atoms with E-state index >= 15 is 0 Å². The van der Waals surface area contributed by atoms with Crippen molar-refractivity contribution in [1.29, 1.82) is 0 Å². The number of rotatable bonds is 5. The summed E-state index contributed by atoms with van der Waals surface area (Å²) in [5.74, 6) is -1.10. The van der Waals surface area contributed by atoms with Crippen LogP contribution in [0.15, 0.2) is 16.5 Å². The molecule has 1 rings (SSSR count). The molecule has 0 spiro atoms. The first-order chi connectivity index (χ1) is 7.54. The average molecular weight is 226 g/mol. The first kappa shape index (κ1) is 12.1. The molecule has 0 aliphatic heterocycles. The zero-order chi connectivity index (χ0) is 12.1. The molecule has 16 heavy (non-hydrogen) atoms. The molecule has 0 aromatic carbocycles. The molecule has 6 nitrogen and oxygen atoms in total. The van der Waals surface area contributed by atoms with Gasteiger partial charge >= 0.3 is 5.97 Å². The van der Waals surface area contributed by atoms with Gasteiger partial charge in [0.15, 0.2) is 5.88 Å². The number of nitrogens with one attached hydrogen (secondary N) is 1. The number of aromatic carboxylic acids is 1. The van der Waals surface area contributed by atoms with E-state index in [2.05, 4.69) is 5.32 Å². The van der Waals surface area contributed by atoms with Gasteiger partial charge in [-0.1, -0.05) is 0 Å². The van der Waals surface area contributed by atoms with Crippen molar-refractivity contribution in [2.24, 2.45) is 0 Å². The molecule has 1 aromatic rings. The van der Waals surface area contributed by atoms with Crippen molar-refractivity contribution in [3.8, 4) is 0 Å². The number of nitrogens with zero attached hydrogens (tertiary/aromatic N) is 1. The molecule has 0 saturated heterocycles. The molecule has 0 unspecified atom stereocenters. The van der Waals surface area contributed by atoms with Crippen LogP contribution in [0, 0.1) is 0 Å². The Labute approximate surface area is 92.8 Å². The summed E-state index contributed by atoms with van der Waals surface area (Å²) in [4.78, 5) is 23.5. The van der Waals surface area contributed by atoms with Crippen LogP contribution in [0.4, 0.5) is 5.88 Å². The largest absolute Gasteiger partial charge is 0.475 e. The lowest BCUT2D eigenvalue weighted by molar-refractivity contribution is -0.127. The van der Waals surface area contributed by atoms with Crippen molar-refractivity contribution < 1.29 is 19.1 Å². The summed E-state index contributed by atoms with van der Waals surface area (Å²) in [6.45, 7) is 2.57. The summed E-state index contributed by atoms with van der Waals surface area (Å²) in [6.07, 6.45) is 0. The van der Waals surface area contributed by atoms with Crippen LogP contribution < -0.4 is 5.32 Å². The van der Waals surface area contributed by atoms with Gasteiger partial charge in [-0.2, -0.15) is 0 Å². The van der Waals surface area contributed by atoms with Gasteiger partial charge in [0.1, 0.15) is 0 Å². The van der Waals surface area contributed by atoms with E-state index in [9.17, 15) is 9.59 Å². The van der Waals surface area contributed by atoms with Crippen LogP contribution in [0.25, 0.3) is 0 Å². The van der Waals surface area contributed by atoms with Crippen molar-refractivity contribution in [2.75, 3.05) is 25.5 Å². The molecule has 0 aliphatic carbocycles. The number of hydrogen-bond acceptors (Lipinski definition) is 4. The summed E-state index contributed by atoms with van der Waals surface area (Å²) in [5.41, 5.74) is 0. The summed E-state index contributed by atoms with van der Waals surface area (Å²) in [7, 11) is 1.69. The Morgan fingerprint density at radius 2 is 2.19 bits per heavy atom. The Morgan fingerprint density at radius 1 is 1.50 bits per heavy atom. The number of hydrogen-bond donors (Lipinski definition) is 2. The highest BCUT2D eigenvalue weighted by Crippen LogP contribution is 2.12. The lowest BCUT2D eigenvalue weighted by atomic mass is 10.4. The van der Waals surface area contributed by atoms with Gasteiger partial charge in [0.25, 0.3) is 0 Å². The molecule has 0 fully saturated rings. The molecule has 0 bridgehead atoms. The second-order valence-electron chi connectivity index (χ2n) is 3.23. The summed E-state index contributed by atoms with van der Waals surface area (Å²) in [5, 5.41) is 11.3. The van der Waals surface area contributed by atoms with Gasteiger partial charge in [0, 0.05) is 19.7 Å². The third-order valence-electron chi connectivity index (χ3n) is 2.13. The van der Waals surface area contributed by atoms with Crippen LogP contribution in [0.1, 0.15) is 17.5 Å². The van der Waals surface area contributed by atoms with E-state index in [1.807, 2.05) is 6.92 Å². The number of likely N-dealkylation sites (N-methyl/N-ethyl adjacent to an activating group) is 1. The molecule has 0 saturated carbocycles. The van der Waals surface area contributed by atoms with E-state index in [0.717, 1.165) is 0 Å². The van der Waals surface area contributed by atoms with E-state index in [4.69, 9.17) is 9.52 Å². The fourth-order valence-electron chi connectivity index (χ4n) is 1.02. The molecule has 0 aliphatic rings. The highest BCUT2D eigenvalue weighted by atomic mass is 16.4. The quantitative estimate of drug-likeness (QED) is 0.778. The predicted octanol–water partition coefficient (Wildman–Crippen LogP) is 0.868. The standard InChI is InChI=1S/C10H14N2O4/c1-3-12(2)9(13)6-11-8-5-4-7(16-8)10(14)15/h4-5,11H,3,6H2,1-2H3,(H,14,15). The molecular formula is C10H14N2O4. The Morgan fingerprint density at radius 3 is 2.69 bits per heavy atom. The van der Waals surface area contributed by atoms with E-state index in [0.29, 0.717) is 6.54 Å². The molecule has 2 N–H and O–H groups in total. The minimum atomic E-state index is -1.13. The van der Waals surface area contributed by atoms with Crippen LogP contribution in [-0.2, 0) is 4.79 Å². The number of anilines is 1. The number of carboxylic acids is 1. The maximum Gasteiger partial charge on any atom is 0.371 e. The topological polar surface area (TPSA) is 82.8 Å². The normalized spacial score (nSPS) is 9.88. The van der Waals surface area contributed by atoms with Crippen LogP contribution in [-0.4, -0.2) is 42.0 Å². The number of furan rings is 1. The Bertz CT molecular complexity index is 386. The highest BCUT2D eigenvalue weighted by molar-refractivity contribution is 5.85. The molecule has 1 amide bonds. The second kappa shape index (κ2) is 5.20. The first-order valence-corrected chi connectivity index (χ1v) is 4.85. The number of carbonyl (C=O) groups is 2. The number of amides is 1. The molecule has 1 heterocycles. The van der Waals surface area contributed by atoms with Gasteiger partial charge in [0.05, 0.1) is 6.54 Å². The first-order valence-electron chi connectivity index (χ1n) is 4.85. The Balaban J connectivity index is 2.48. The molecule has 0 radical (unpaired) electrons. The van der Waals surface area contributed by atoms with Crippen LogP contribution in [0.3, 0.4) is 0 Å². The van der Waals surface area contributed by atoms with Crippen molar-refractivity contribution in [1.82, 2.24) is 4.90 Å². The van der Waals surface area contributed by atoms with E-state index in [-0.39, 0.29) is 24.1 Å². The lowest BCUT2D eigenvalue weighted by Gasteiger charge is -2.14. The van der Waals surface area contributed by atoms with Gasteiger partial charge in [-0.05, 0) is 13.0 Å². The van der Waals surface area contributed by atoms with Crippen molar-refractivity contribution in [2.45, 2.75) is 6.92 Å². The predicted molar refractivity (Wildman–Crippen MR) is 57.5 cm³/mol. The van der Waals surface area contributed by atoms with Crippen molar-refractivity contribution >= 4 is 17.8 Å². The van der Waals surface area contributed by atoms with Crippen LogP contribution in [0.2, 0.25) is 0 Å². The van der Waals surface area contributed by atoms with Crippen molar-refractivity contribution in [3.63, 3.8) is 0 Å². The van der Waals surface area contributed by atoms with Crippen LogP contribution >= 0.6 is 0 Å². The molecule has 0 atom stereocenters. The van der Waals surface area contributed by atoms with E-state index in [1.165, 1.54) is 12.1 Å². The maximum absolute atomic E-state index is 11.4. The molecule has 6 heteroatoms. The third-order valence-corrected chi connectivity index (χ3v) is 2.13. The van der Waals surface area contributed by atoms with Gasteiger partial charge in [-0.15, -0.1) is 0 Å². The van der Waals surface area contributed by atoms with Gasteiger partial charge in [-0.3, -0.25) is 4.79 Å². The third kappa shape index (κ3) is 3.01. The fourth-order valence-corrected chi connectivity index (χ4v) is 1.02. The number of carboxylic acid groups (broad SMARTS) is 1. The van der Waals surface area contributed by atoms with Crippen LogP contribution in [0.5, 0.6) is 0 Å². The Hall–Kier alpha value is -1.98. The van der Waals surface area contributed by atoms with Gasteiger partial charge in [-0.25, -0.2) is 4.79 Å². The molecule has 88 valence electrons. The summed E-state index contributed by atoms with van der Waals surface area (Å²) >= 11 is 0. The second-order valence-corrected chi connectivity index (χ2v) is 3.23. The average Bonchev–Trinajstić information content (AvgIpc) is 2.73. The Kier molecular flexibility index (Phi) is 3.93. The monoisotopic (exact) mass is 226 g/mol. The summed E-state index contributed by atoms with van der Waals surface area (Å²) < 4.78 is 4.93. The van der Waals surface area contributed by atoms with Gasteiger partial charge in [0.2, 0.25) is 11.7 Å². The molecule has 1 aromatic heterocycles. The fraction of sp³-hybridized carbons (Fsp3) is 0.400. The molecular weight excluding hydrogens is 212 g/mol. The van der Waals surface area contributed by atoms with Gasteiger partial charge < -0.3 is 19.7 Å². The van der Waals surface area contributed by atoms with E-state index in [1.54, 1.807) is 11.9 Å². The van der Waals surface area contributed by atoms with Crippen molar-refractivity contribution in [3.05, 3.63) is 17.9 Å². The SMILES string of the molecule is CCN(C)C(=O)CNc1ccc(C(=O)O)o1. The minimum absolute atomic E-state index is 0.0803. The maximum atomic E-state index is 11.4. The summed E-state index contributed by atoms with van der Waals surface area (Å²) in [6, 6.07) is 2.81. The number of carbonyl (C=O) groups excluding carboxylic acids is 1. The van der Waals surface area contributed by atoms with E-state index < -0.39 is 5.97 Å².